The van der Waals surface area contributed by atoms with Crippen LogP contribution < -0.4 is 31.1 Å². The minimum absolute atomic E-state index is 0.0150. The Hall–Kier alpha value is -7.76. The Morgan fingerprint density at radius 2 is 0.814 bits per heavy atom. The summed E-state index contributed by atoms with van der Waals surface area (Å²) < 4.78 is 2.47. The molecular formula is C54H37BN4. The van der Waals surface area contributed by atoms with E-state index < -0.39 is 0 Å². The lowest BCUT2D eigenvalue weighted by molar-refractivity contribution is 1.18. The fraction of sp³-hybridized carbons (Fsp3) is 0. The Morgan fingerprint density at radius 1 is 0.322 bits per heavy atom. The topological polar surface area (TPSA) is 14.7 Å². The molecule has 3 heterocycles. The van der Waals surface area contributed by atoms with Crippen molar-refractivity contribution in [3.63, 3.8) is 0 Å². The van der Waals surface area contributed by atoms with Crippen LogP contribution in [-0.2, 0) is 0 Å². The summed E-state index contributed by atoms with van der Waals surface area (Å²) in [5.41, 5.74) is 17.8. The van der Waals surface area contributed by atoms with E-state index in [0.717, 1.165) is 39.6 Å². The molecule has 5 heteroatoms. The summed E-state index contributed by atoms with van der Waals surface area (Å²) in [6.07, 6.45) is 0. The average molecular weight is 753 g/mol. The van der Waals surface area contributed by atoms with E-state index in [4.69, 9.17) is 0 Å². The molecule has 59 heavy (non-hydrogen) atoms. The lowest BCUT2D eigenvalue weighted by Crippen LogP contribution is -2.61. The molecule has 0 saturated carbocycles. The van der Waals surface area contributed by atoms with Crippen molar-refractivity contribution < 1.29 is 0 Å². The monoisotopic (exact) mass is 752 g/mol. The molecule has 0 aliphatic carbocycles. The Morgan fingerprint density at radius 3 is 1.42 bits per heavy atom. The van der Waals surface area contributed by atoms with Crippen molar-refractivity contribution in [2.75, 3.05) is 14.7 Å². The fourth-order valence-electron chi connectivity index (χ4n) is 9.69. The normalized spacial score (nSPS) is 12.6. The first-order valence-corrected chi connectivity index (χ1v) is 20.3. The molecule has 2 aliphatic rings. The third-order valence-corrected chi connectivity index (χ3v) is 12.1. The van der Waals surface area contributed by atoms with E-state index in [2.05, 4.69) is 244 Å². The van der Waals surface area contributed by atoms with Crippen molar-refractivity contribution in [3.8, 4) is 5.69 Å². The zero-order valence-electron chi connectivity index (χ0n) is 32.2. The summed E-state index contributed by atoms with van der Waals surface area (Å²) >= 11 is 0. The molecule has 0 amide bonds. The predicted molar refractivity (Wildman–Crippen MR) is 249 cm³/mol. The van der Waals surface area contributed by atoms with E-state index in [1.807, 2.05) is 0 Å². The lowest BCUT2D eigenvalue weighted by atomic mass is 9.33. The summed E-state index contributed by atoms with van der Waals surface area (Å²) in [6.45, 7) is 0.0150. The standard InChI is InChI=1S/C54H37BN4/c1-6-19-38(20-7-1)56(39-21-8-2-9-22-39)43-33-34-44-45-36-53-47(37-52(45)59(51(44)35-43)42-27-14-5-15-28-42)55-46-29-16-17-30-48(46)57(40-23-10-3-11-24-40)49-31-18-32-50(54(49)55)58(53)41-25-12-4-13-26-41/h1-37H. The molecule has 0 atom stereocenters. The van der Waals surface area contributed by atoms with Gasteiger partial charge >= 0.3 is 0 Å². The first kappa shape index (κ1) is 33.4. The largest absolute Gasteiger partial charge is 0.311 e. The number of hydrogen-bond donors (Lipinski definition) is 0. The number of anilines is 9. The van der Waals surface area contributed by atoms with E-state index in [1.54, 1.807) is 0 Å². The van der Waals surface area contributed by atoms with Gasteiger partial charge in [-0.25, -0.2) is 0 Å². The van der Waals surface area contributed by atoms with Gasteiger partial charge in [0.2, 0.25) is 0 Å². The third-order valence-electron chi connectivity index (χ3n) is 12.1. The SMILES string of the molecule is c1ccc(N(c2ccccc2)c2ccc3c4cc5c(cc4n(-c4ccccc4)c3c2)B2c3ccccc3N(c3ccccc3)c3cccc(c32)N5c2ccccc2)cc1. The number of nitrogens with zero attached hydrogens (tertiary/aromatic N) is 4. The van der Waals surface area contributed by atoms with E-state index in [-0.39, 0.29) is 6.71 Å². The zero-order valence-corrected chi connectivity index (χ0v) is 32.2. The van der Waals surface area contributed by atoms with E-state index in [1.165, 1.54) is 55.4 Å². The van der Waals surface area contributed by atoms with Gasteiger partial charge in [0, 0.05) is 67.6 Å². The summed E-state index contributed by atoms with van der Waals surface area (Å²) in [7, 11) is 0. The number of fused-ring (bicyclic) bond motifs is 7. The lowest BCUT2D eigenvalue weighted by Gasteiger charge is -2.44. The molecule has 276 valence electrons. The summed E-state index contributed by atoms with van der Waals surface area (Å²) in [5.74, 6) is 0. The number of rotatable bonds is 6. The van der Waals surface area contributed by atoms with Gasteiger partial charge in [0.15, 0.2) is 0 Å². The van der Waals surface area contributed by atoms with E-state index in [9.17, 15) is 0 Å². The van der Waals surface area contributed by atoms with Gasteiger partial charge in [0.05, 0.1) is 11.0 Å². The van der Waals surface area contributed by atoms with Crippen molar-refractivity contribution in [2.24, 2.45) is 0 Å². The number of hydrogen-bond acceptors (Lipinski definition) is 3. The fourth-order valence-corrected chi connectivity index (χ4v) is 9.69. The van der Waals surface area contributed by atoms with Gasteiger partial charge in [-0.2, -0.15) is 0 Å². The minimum Gasteiger partial charge on any atom is -0.311 e. The van der Waals surface area contributed by atoms with Crippen LogP contribution in [0.25, 0.3) is 27.5 Å². The van der Waals surface area contributed by atoms with Crippen molar-refractivity contribution >= 4 is 96.1 Å². The second-order valence-electron chi connectivity index (χ2n) is 15.4. The first-order valence-electron chi connectivity index (χ1n) is 20.3. The molecule has 10 aromatic rings. The van der Waals surface area contributed by atoms with Gasteiger partial charge in [-0.3, -0.25) is 0 Å². The smallest absolute Gasteiger partial charge is 0.252 e. The maximum absolute atomic E-state index is 2.50. The molecule has 4 nitrogen and oxygen atoms in total. The molecule has 9 aromatic carbocycles. The van der Waals surface area contributed by atoms with Crippen LogP contribution in [0.1, 0.15) is 0 Å². The van der Waals surface area contributed by atoms with E-state index in [0.29, 0.717) is 0 Å². The highest BCUT2D eigenvalue weighted by Crippen LogP contribution is 2.46. The van der Waals surface area contributed by atoms with Crippen molar-refractivity contribution in [1.29, 1.82) is 0 Å². The second-order valence-corrected chi connectivity index (χ2v) is 15.4. The molecular weight excluding hydrogens is 715 g/mol. The third kappa shape index (κ3) is 5.18. The van der Waals surface area contributed by atoms with Gasteiger partial charge in [-0.15, -0.1) is 0 Å². The Bertz CT molecular complexity index is 3130. The van der Waals surface area contributed by atoms with Gasteiger partial charge in [-0.05, 0) is 120 Å². The minimum atomic E-state index is 0.0150. The quantitative estimate of drug-likeness (QED) is 0.157. The molecule has 0 spiro atoms. The van der Waals surface area contributed by atoms with Crippen LogP contribution >= 0.6 is 0 Å². The number of aromatic nitrogens is 1. The number of benzene rings is 9. The maximum atomic E-state index is 2.50. The molecule has 0 fully saturated rings. The van der Waals surface area contributed by atoms with Gasteiger partial charge < -0.3 is 19.3 Å². The van der Waals surface area contributed by atoms with Crippen LogP contribution in [-0.4, -0.2) is 11.3 Å². The van der Waals surface area contributed by atoms with Gasteiger partial charge in [0.1, 0.15) is 0 Å². The summed E-state index contributed by atoms with van der Waals surface area (Å²) in [5, 5.41) is 2.43. The molecule has 0 saturated heterocycles. The first-order chi connectivity index (χ1) is 29.3. The van der Waals surface area contributed by atoms with E-state index >= 15 is 0 Å². The molecule has 0 unspecified atom stereocenters. The van der Waals surface area contributed by atoms with Crippen LogP contribution in [0.4, 0.5) is 51.2 Å². The van der Waals surface area contributed by atoms with Crippen molar-refractivity contribution in [2.45, 2.75) is 0 Å². The Balaban J connectivity index is 1.17. The van der Waals surface area contributed by atoms with Crippen LogP contribution in [0.15, 0.2) is 224 Å². The Labute approximate surface area is 344 Å². The van der Waals surface area contributed by atoms with Crippen LogP contribution in [0.5, 0.6) is 0 Å². The summed E-state index contributed by atoms with van der Waals surface area (Å²) in [4.78, 5) is 7.29. The highest BCUT2D eigenvalue weighted by Gasteiger charge is 2.43. The van der Waals surface area contributed by atoms with Crippen LogP contribution in [0, 0.1) is 0 Å². The van der Waals surface area contributed by atoms with Crippen molar-refractivity contribution in [3.05, 3.63) is 224 Å². The molecule has 1 aromatic heterocycles. The predicted octanol–water partition coefficient (Wildman–Crippen LogP) is 12.3. The van der Waals surface area contributed by atoms with Crippen molar-refractivity contribution in [1.82, 2.24) is 4.57 Å². The highest BCUT2D eigenvalue weighted by atomic mass is 15.2. The molecule has 2 aliphatic heterocycles. The molecule has 0 N–H and O–H groups in total. The zero-order chi connectivity index (χ0) is 38.9. The highest BCUT2D eigenvalue weighted by molar-refractivity contribution is 7.00. The van der Waals surface area contributed by atoms with Gasteiger partial charge in [-0.1, -0.05) is 121 Å². The van der Waals surface area contributed by atoms with Crippen LogP contribution in [0.2, 0.25) is 0 Å². The average Bonchev–Trinajstić information content (AvgIpc) is 3.62. The molecule has 0 bridgehead atoms. The summed E-state index contributed by atoms with van der Waals surface area (Å²) in [6, 6.07) is 81.6. The second kappa shape index (κ2) is 13.4. The molecule has 0 radical (unpaired) electrons. The number of para-hydroxylation sites is 6. The van der Waals surface area contributed by atoms with Crippen LogP contribution in [0.3, 0.4) is 0 Å². The molecule has 12 rings (SSSR count). The van der Waals surface area contributed by atoms with Gasteiger partial charge in [0.25, 0.3) is 6.71 Å². The Kier molecular flexibility index (Phi) is 7.60. The maximum Gasteiger partial charge on any atom is 0.252 e.